The second-order valence-corrected chi connectivity index (χ2v) is 3.71. The summed E-state index contributed by atoms with van der Waals surface area (Å²) in [5.74, 6) is 0.236. The van der Waals surface area contributed by atoms with E-state index in [-0.39, 0.29) is 11.4 Å². The Morgan fingerprint density at radius 1 is 1.53 bits per heavy atom. The number of benzene rings is 1. The van der Waals surface area contributed by atoms with Gasteiger partial charge in [0, 0.05) is 6.08 Å². The van der Waals surface area contributed by atoms with Crippen molar-refractivity contribution in [3.8, 4) is 11.8 Å². The van der Waals surface area contributed by atoms with Crippen LogP contribution in [0.4, 0.5) is 5.69 Å². The van der Waals surface area contributed by atoms with Gasteiger partial charge < -0.3 is 4.74 Å². The molecule has 1 aliphatic carbocycles. The third-order valence-electron chi connectivity index (χ3n) is 2.85. The molecular formula is C12H10N2O3. The number of aryl methyl sites for hydroxylation is 1. The molecule has 2 rings (SSSR count). The second kappa shape index (κ2) is 4.26. The van der Waals surface area contributed by atoms with Crippen LogP contribution < -0.4 is 4.74 Å². The molecule has 86 valence electrons. The summed E-state index contributed by atoms with van der Waals surface area (Å²) < 4.78 is 5.01. The van der Waals surface area contributed by atoms with Gasteiger partial charge in [0.25, 0.3) is 0 Å². The van der Waals surface area contributed by atoms with Gasteiger partial charge in [-0.25, -0.2) is 0 Å². The SMILES string of the molecule is COc1ccc2c(c1[N+](=O)[O-])/C(=C\C#N)CC2. The predicted molar refractivity (Wildman–Crippen MR) is 61.6 cm³/mol. The lowest BCUT2D eigenvalue weighted by molar-refractivity contribution is -0.386. The fraction of sp³-hybridized carbons (Fsp3) is 0.250. The Bertz CT molecular complexity index is 556. The normalized spacial score (nSPS) is 15.4. The minimum atomic E-state index is -0.450. The van der Waals surface area contributed by atoms with Crippen molar-refractivity contribution in [1.29, 1.82) is 5.26 Å². The number of hydrogen-bond acceptors (Lipinski definition) is 4. The van der Waals surface area contributed by atoms with E-state index >= 15 is 0 Å². The van der Waals surface area contributed by atoms with Gasteiger partial charge in [-0.1, -0.05) is 6.07 Å². The van der Waals surface area contributed by atoms with Crippen molar-refractivity contribution in [2.45, 2.75) is 12.8 Å². The van der Waals surface area contributed by atoms with E-state index in [0.717, 1.165) is 12.0 Å². The van der Waals surface area contributed by atoms with E-state index in [4.69, 9.17) is 10.00 Å². The first-order valence-electron chi connectivity index (χ1n) is 5.12. The second-order valence-electron chi connectivity index (χ2n) is 3.71. The van der Waals surface area contributed by atoms with E-state index in [1.165, 1.54) is 13.2 Å². The lowest BCUT2D eigenvalue weighted by Crippen LogP contribution is -1.98. The molecule has 0 bridgehead atoms. The van der Waals surface area contributed by atoms with E-state index in [2.05, 4.69) is 0 Å². The lowest BCUT2D eigenvalue weighted by atomic mass is 10.0. The molecule has 0 atom stereocenters. The molecule has 1 aliphatic rings. The summed E-state index contributed by atoms with van der Waals surface area (Å²) in [6, 6.07) is 5.35. The third kappa shape index (κ3) is 1.74. The Balaban J connectivity index is 2.72. The van der Waals surface area contributed by atoms with Gasteiger partial charge in [0.2, 0.25) is 0 Å². The summed E-state index contributed by atoms with van der Waals surface area (Å²) in [5, 5.41) is 19.8. The number of nitro benzene ring substituents is 1. The van der Waals surface area contributed by atoms with Gasteiger partial charge in [-0.3, -0.25) is 10.1 Å². The molecule has 17 heavy (non-hydrogen) atoms. The number of allylic oxidation sites excluding steroid dienone is 2. The van der Waals surface area contributed by atoms with E-state index in [1.807, 2.05) is 12.1 Å². The maximum absolute atomic E-state index is 11.1. The number of fused-ring (bicyclic) bond motifs is 1. The van der Waals surface area contributed by atoms with Crippen LogP contribution in [0.3, 0.4) is 0 Å². The number of nitro groups is 1. The standard InChI is InChI=1S/C12H10N2O3/c1-17-10-5-4-8-2-3-9(6-7-13)11(8)12(10)14(15)16/h4-6H,2-3H2,1H3/b9-6-. The van der Waals surface area contributed by atoms with Crippen LogP contribution in [-0.4, -0.2) is 12.0 Å². The Morgan fingerprint density at radius 2 is 2.29 bits per heavy atom. The Hall–Kier alpha value is -2.35. The van der Waals surface area contributed by atoms with Crippen molar-refractivity contribution >= 4 is 11.3 Å². The van der Waals surface area contributed by atoms with Crippen LogP contribution in [0.15, 0.2) is 18.2 Å². The van der Waals surface area contributed by atoms with Crippen LogP contribution in [-0.2, 0) is 6.42 Å². The number of nitrogens with zero attached hydrogens (tertiary/aromatic N) is 2. The molecule has 0 radical (unpaired) electrons. The molecule has 0 saturated carbocycles. The van der Waals surface area contributed by atoms with Gasteiger partial charge in [0.05, 0.1) is 23.7 Å². The highest BCUT2D eigenvalue weighted by atomic mass is 16.6. The first-order valence-corrected chi connectivity index (χ1v) is 5.12. The van der Waals surface area contributed by atoms with Crippen molar-refractivity contribution in [3.63, 3.8) is 0 Å². The summed E-state index contributed by atoms with van der Waals surface area (Å²) in [6.07, 6.45) is 2.77. The molecule has 0 saturated heterocycles. The zero-order valence-electron chi connectivity index (χ0n) is 9.27. The minimum absolute atomic E-state index is 0.0380. The van der Waals surface area contributed by atoms with Crippen molar-refractivity contribution in [2.24, 2.45) is 0 Å². The van der Waals surface area contributed by atoms with Gasteiger partial charge in [0.1, 0.15) is 0 Å². The fourth-order valence-electron chi connectivity index (χ4n) is 2.14. The summed E-state index contributed by atoms with van der Waals surface area (Å²) in [4.78, 5) is 10.7. The van der Waals surface area contributed by atoms with Crippen molar-refractivity contribution in [3.05, 3.63) is 39.4 Å². The molecule has 0 aromatic heterocycles. The van der Waals surface area contributed by atoms with E-state index in [1.54, 1.807) is 6.07 Å². The first-order chi connectivity index (χ1) is 8.19. The number of nitriles is 1. The summed E-state index contributed by atoms with van der Waals surface area (Å²) in [5.41, 5.74) is 2.13. The number of hydrogen-bond donors (Lipinski definition) is 0. The van der Waals surface area contributed by atoms with Crippen LogP contribution in [0, 0.1) is 21.4 Å². The van der Waals surface area contributed by atoms with E-state index in [0.29, 0.717) is 17.6 Å². The van der Waals surface area contributed by atoms with Gasteiger partial charge in [-0.2, -0.15) is 5.26 Å². The van der Waals surface area contributed by atoms with Crippen LogP contribution in [0.25, 0.3) is 5.57 Å². The average Bonchev–Trinajstić information content (AvgIpc) is 2.71. The quantitative estimate of drug-likeness (QED) is 0.444. The summed E-state index contributed by atoms with van der Waals surface area (Å²) in [7, 11) is 1.40. The topological polar surface area (TPSA) is 76.2 Å². The molecule has 0 unspecified atom stereocenters. The third-order valence-corrected chi connectivity index (χ3v) is 2.85. The minimum Gasteiger partial charge on any atom is -0.490 e. The highest BCUT2D eigenvalue weighted by molar-refractivity contribution is 5.82. The smallest absolute Gasteiger partial charge is 0.318 e. The number of methoxy groups -OCH3 is 1. The van der Waals surface area contributed by atoms with Gasteiger partial charge in [-0.15, -0.1) is 0 Å². The highest BCUT2D eigenvalue weighted by Crippen LogP contribution is 2.43. The van der Waals surface area contributed by atoms with E-state index in [9.17, 15) is 10.1 Å². The lowest BCUT2D eigenvalue weighted by Gasteiger charge is -2.06. The maximum Gasteiger partial charge on any atom is 0.318 e. The van der Waals surface area contributed by atoms with Crippen molar-refractivity contribution in [2.75, 3.05) is 7.11 Å². The van der Waals surface area contributed by atoms with E-state index < -0.39 is 4.92 Å². The monoisotopic (exact) mass is 230 g/mol. The molecule has 5 heteroatoms. The largest absolute Gasteiger partial charge is 0.490 e. The van der Waals surface area contributed by atoms with Crippen LogP contribution in [0.2, 0.25) is 0 Å². The summed E-state index contributed by atoms with van der Waals surface area (Å²) in [6.45, 7) is 0. The average molecular weight is 230 g/mol. The Morgan fingerprint density at radius 3 is 2.88 bits per heavy atom. The zero-order chi connectivity index (χ0) is 12.4. The van der Waals surface area contributed by atoms with Crippen molar-refractivity contribution < 1.29 is 9.66 Å². The number of ether oxygens (including phenoxy) is 1. The van der Waals surface area contributed by atoms with Crippen LogP contribution >= 0.6 is 0 Å². The predicted octanol–water partition coefficient (Wildman–Crippen LogP) is 2.46. The Kier molecular flexibility index (Phi) is 2.79. The highest BCUT2D eigenvalue weighted by Gasteiger charge is 2.29. The van der Waals surface area contributed by atoms with Crippen LogP contribution in [0.5, 0.6) is 5.75 Å². The molecule has 0 spiro atoms. The molecule has 0 amide bonds. The molecule has 0 fully saturated rings. The maximum atomic E-state index is 11.1. The first kappa shape index (κ1) is 11.1. The molecule has 1 aromatic rings. The number of rotatable bonds is 2. The molecule has 5 nitrogen and oxygen atoms in total. The molecule has 0 heterocycles. The fourth-order valence-corrected chi connectivity index (χ4v) is 2.14. The van der Waals surface area contributed by atoms with Crippen LogP contribution in [0.1, 0.15) is 17.5 Å². The molecule has 0 N–H and O–H groups in total. The van der Waals surface area contributed by atoms with Gasteiger partial charge in [0.15, 0.2) is 5.75 Å². The van der Waals surface area contributed by atoms with Gasteiger partial charge >= 0.3 is 5.69 Å². The van der Waals surface area contributed by atoms with Gasteiger partial charge in [-0.05, 0) is 30.0 Å². The molecule has 0 aliphatic heterocycles. The zero-order valence-corrected chi connectivity index (χ0v) is 9.27. The Labute approximate surface area is 98.1 Å². The summed E-state index contributed by atoms with van der Waals surface area (Å²) >= 11 is 0. The molecule has 1 aromatic carbocycles. The molecular weight excluding hydrogens is 220 g/mol. The van der Waals surface area contributed by atoms with Crippen molar-refractivity contribution in [1.82, 2.24) is 0 Å².